The highest BCUT2D eigenvalue weighted by atomic mass is 16.3. The van der Waals surface area contributed by atoms with E-state index in [2.05, 4.69) is 162 Å². The van der Waals surface area contributed by atoms with Gasteiger partial charge in [0.2, 0.25) is 11.6 Å². The number of aryl methyl sites for hydroxylation is 5. The van der Waals surface area contributed by atoms with E-state index in [4.69, 9.17) is 0 Å². The van der Waals surface area contributed by atoms with Gasteiger partial charge in [0, 0.05) is 68.6 Å². The molecule has 9 nitrogen and oxygen atoms in total. The van der Waals surface area contributed by atoms with Crippen molar-refractivity contribution in [3.8, 4) is 0 Å². The lowest BCUT2D eigenvalue weighted by Crippen LogP contribution is -2.12. The molecule has 0 fully saturated rings. The molecule has 6 aromatic carbocycles. The Balaban J connectivity index is 0.000000142. The quantitative estimate of drug-likeness (QED) is 0.0483. The van der Waals surface area contributed by atoms with Gasteiger partial charge in [-0.3, -0.25) is 9.59 Å². The van der Waals surface area contributed by atoms with Crippen LogP contribution < -0.4 is 0 Å². The Morgan fingerprint density at radius 1 is 0.388 bits per heavy atom. The zero-order valence-electron chi connectivity index (χ0n) is 49.8. The summed E-state index contributed by atoms with van der Waals surface area (Å²) >= 11 is 0. The van der Waals surface area contributed by atoms with Crippen LogP contribution in [-0.4, -0.2) is 46.6 Å². The lowest BCUT2D eigenvalue weighted by atomic mass is 9.84. The van der Waals surface area contributed by atoms with Crippen molar-refractivity contribution in [2.45, 2.75) is 91.1 Å². The van der Waals surface area contributed by atoms with Crippen LogP contribution in [0.5, 0.6) is 0 Å². The first-order valence-corrected chi connectivity index (χ1v) is 29.3. The molecule has 0 saturated carbocycles. The molecule has 6 aromatic heterocycles. The van der Waals surface area contributed by atoms with E-state index in [1.165, 1.54) is 33.4 Å². The van der Waals surface area contributed by atoms with Gasteiger partial charge in [-0.1, -0.05) is 197 Å². The van der Waals surface area contributed by atoms with Crippen LogP contribution in [0.25, 0.3) is 0 Å². The summed E-state index contributed by atoms with van der Waals surface area (Å²) in [7, 11) is 0. The molecule has 0 bridgehead atoms. The third-order valence-electron chi connectivity index (χ3n) is 15.8. The van der Waals surface area contributed by atoms with Crippen molar-refractivity contribution in [1.82, 2.24) is 29.9 Å². The summed E-state index contributed by atoms with van der Waals surface area (Å²) in [5, 5.41) is 10.8. The monoisotopic (exact) mass is 1120 g/mol. The second-order valence-corrected chi connectivity index (χ2v) is 23.2. The van der Waals surface area contributed by atoms with Crippen LogP contribution in [0.15, 0.2) is 237 Å². The molecule has 12 rings (SSSR count). The largest absolute Gasteiger partial charge is 0.382 e. The zero-order valence-corrected chi connectivity index (χ0v) is 49.8. The first-order valence-electron chi connectivity index (χ1n) is 29.3. The number of ketones is 2. The van der Waals surface area contributed by atoms with Crippen molar-refractivity contribution >= 4 is 11.6 Å². The maximum atomic E-state index is 13.0. The molecule has 0 spiro atoms. The van der Waals surface area contributed by atoms with Crippen molar-refractivity contribution in [1.29, 1.82) is 0 Å². The summed E-state index contributed by atoms with van der Waals surface area (Å²) in [6, 6.07) is 77.5. The number of rotatable bonds is 16. The zero-order chi connectivity index (χ0) is 59.6. The molecule has 4 unspecified atom stereocenters. The minimum atomic E-state index is -0.666. The van der Waals surface area contributed by atoms with Gasteiger partial charge in [0.1, 0.15) is 6.10 Å². The van der Waals surface area contributed by atoms with E-state index in [9.17, 15) is 14.7 Å². The van der Waals surface area contributed by atoms with E-state index in [0.717, 1.165) is 68.8 Å². The molecule has 85 heavy (non-hydrogen) atoms. The summed E-state index contributed by atoms with van der Waals surface area (Å²) in [6.07, 6.45) is 2.24. The number of aliphatic hydroxyl groups is 1. The summed E-state index contributed by atoms with van der Waals surface area (Å²) in [5.41, 5.74) is 21.5. The summed E-state index contributed by atoms with van der Waals surface area (Å²) in [6.45, 7) is 17.0. The summed E-state index contributed by atoms with van der Waals surface area (Å²) in [4.78, 5) is 46.3. The molecule has 0 amide bonds. The fourth-order valence-electron chi connectivity index (χ4n) is 11.0. The highest BCUT2D eigenvalue weighted by Crippen LogP contribution is 2.36. The van der Waals surface area contributed by atoms with E-state index < -0.39 is 6.10 Å². The normalized spacial score (nSPS) is 12.7. The molecule has 0 aliphatic carbocycles. The SMILES string of the molecule is CCc1ccc(C(=O)c2ccc(C(c3ccc(C(C)(C)C)cc3)c3ccc[nH]3)[nH]2)cc1.Cc1ccc(C(=O)c2ccc(C(c3ccccc3)c3ccc(C)[nH]3)[nH]2)cc1.Cc1ccc(C(O)c2ccc(C(c3ccccc3)c3ccc(C)[nH]3)[nH]2)cc1. The van der Waals surface area contributed by atoms with Gasteiger partial charge in [0.25, 0.3) is 0 Å². The Morgan fingerprint density at radius 2 is 0.788 bits per heavy atom. The second-order valence-electron chi connectivity index (χ2n) is 23.2. The first-order chi connectivity index (χ1) is 41.1. The molecule has 0 aliphatic heterocycles. The highest BCUT2D eigenvalue weighted by Gasteiger charge is 2.25. The average molecular weight is 1120 g/mol. The van der Waals surface area contributed by atoms with E-state index in [1.807, 2.05) is 160 Å². The minimum Gasteiger partial charge on any atom is -0.382 e. The third-order valence-corrected chi connectivity index (χ3v) is 15.8. The molecule has 0 aliphatic rings. The van der Waals surface area contributed by atoms with E-state index in [0.29, 0.717) is 22.5 Å². The lowest BCUT2D eigenvalue weighted by Gasteiger charge is -2.21. The number of benzene rings is 6. The number of hydrogen-bond acceptors (Lipinski definition) is 3. The number of aromatic amines is 6. The van der Waals surface area contributed by atoms with Gasteiger partial charge < -0.3 is 35.0 Å². The van der Waals surface area contributed by atoms with Crippen molar-refractivity contribution in [3.05, 3.63) is 355 Å². The van der Waals surface area contributed by atoms with Crippen LogP contribution in [0, 0.1) is 27.7 Å². The Labute approximate surface area is 499 Å². The standard InChI is InChI=1S/C28H30N2O.C24H24N2O.C24H22N2O/c1-5-19-8-10-21(11-9-19)27(31)25-17-16-24(30-25)26(23-7-6-18-29-23)20-12-14-22(15-13-20)28(2,3)4;2*1-16-8-11-19(12-9-16)24(27)22-15-14-21(26-22)23(18-6-4-3-5-7-18)20-13-10-17(2)25-20/h6-18,26,29-30H,5H2,1-4H3;3-15,23-27H,1-2H3;3-15,23,25-26H,1-2H3. The smallest absolute Gasteiger partial charge is 0.209 e. The van der Waals surface area contributed by atoms with Crippen LogP contribution >= 0.6 is 0 Å². The second kappa shape index (κ2) is 26.3. The predicted octanol–water partition coefficient (Wildman–Crippen LogP) is 17.2. The molecular formula is C76H76N6O3. The number of aromatic nitrogens is 6. The maximum Gasteiger partial charge on any atom is 0.209 e. The number of H-pyrrole nitrogens is 6. The van der Waals surface area contributed by atoms with E-state index in [-0.39, 0.29) is 34.7 Å². The van der Waals surface area contributed by atoms with Gasteiger partial charge in [-0.15, -0.1) is 0 Å². The van der Waals surface area contributed by atoms with Crippen LogP contribution in [0.4, 0.5) is 0 Å². The molecule has 0 radical (unpaired) electrons. The van der Waals surface area contributed by atoms with Crippen LogP contribution in [0.3, 0.4) is 0 Å². The minimum absolute atomic E-state index is 0.00744. The fraction of sp³-hybridized carbons (Fsp3) is 0.184. The van der Waals surface area contributed by atoms with Crippen LogP contribution in [0.1, 0.15) is 179 Å². The van der Waals surface area contributed by atoms with Crippen molar-refractivity contribution in [3.63, 3.8) is 0 Å². The number of carbonyl (C=O) groups excluding carboxylic acids is 2. The average Bonchev–Trinajstić information content (AvgIpc) is 3.74. The number of aliphatic hydroxyl groups excluding tert-OH is 1. The Hall–Kier alpha value is -9.70. The fourth-order valence-corrected chi connectivity index (χ4v) is 11.0. The molecular weight excluding hydrogens is 1040 g/mol. The van der Waals surface area contributed by atoms with Crippen molar-refractivity contribution in [2.24, 2.45) is 0 Å². The number of hydrogen-bond donors (Lipinski definition) is 7. The molecule has 7 N–H and O–H groups in total. The van der Waals surface area contributed by atoms with Gasteiger partial charge in [0.15, 0.2) is 0 Å². The van der Waals surface area contributed by atoms with Crippen LogP contribution in [-0.2, 0) is 11.8 Å². The van der Waals surface area contributed by atoms with Gasteiger partial charge in [-0.05, 0) is 146 Å². The first kappa shape index (κ1) is 58.5. The molecule has 6 heterocycles. The van der Waals surface area contributed by atoms with Gasteiger partial charge in [-0.25, -0.2) is 0 Å². The molecule has 9 heteroatoms. The molecule has 12 aromatic rings. The van der Waals surface area contributed by atoms with E-state index in [1.54, 1.807) is 0 Å². The Kier molecular flexibility index (Phi) is 18.1. The topological polar surface area (TPSA) is 149 Å². The van der Waals surface area contributed by atoms with Gasteiger partial charge in [-0.2, -0.15) is 0 Å². The highest BCUT2D eigenvalue weighted by molar-refractivity contribution is 6.08. The van der Waals surface area contributed by atoms with Crippen molar-refractivity contribution < 1.29 is 14.7 Å². The summed E-state index contributed by atoms with van der Waals surface area (Å²) in [5.74, 6) is 0.129. The maximum absolute atomic E-state index is 13.0. The van der Waals surface area contributed by atoms with Crippen LogP contribution in [0.2, 0.25) is 0 Å². The van der Waals surface area contributed by atoms with Crippen molar-refractivity contribution in [2.75, 3.05) is 0 Å². The number of nitrogens with one attached hydrogen (secondary N) is 6. The predicted molar refractivity (Wildman–Crippen MR) is 344 cm³/mol. The molecule has 4 atom stereocenters. The number of carbonyl (C=O) groups is 2. The van der Waals surface area contributed by atoms with Gasteiger partial charge in [0.05, 0.1) is 29.1 Å². The molecule has 428 valence electrons. The third kappa shape index (κ3) is 14.0. The Morgan fingerprint density at radius 3 is 1.24 bits per heavy atom. The lowest BCUT2D eigenvalue weighted by molar-refractivity contribution is 0.102. The van der Waals surface area contributed by atoms with Gasteiger partial charge >= 0.3 is 0 Å². The summed E-state index contributed by atoms with van der Waals surface area (Å²) < 4.78 is 0. The van der Waals surface area contributed by atoms with E-state index >= 15 is 0 Å². The Bertz CT molecular complexity index is 4050. The molecule has 0 saturated heterocycles.